The van der Waals surface area contributed by atoms with Gasteiger partial charge in [0.15, 0.2) is 0 Å². The second-order valence-electron chi connectivity index (χ2n) is 9.31. The van der Waals surface area contributed by atoms with Crippen molar-refractivity contribution in [2.45, 2.75) is 51.5 Å². The van der Waals surface area contributed by atoms with E-state index in [4.69, 9.17) is 11.6 Å². The molecule has 2 saturated heterocycles. The molecule has 0 spiro atoms. The topological polar surface area (TPSA) is 43.9 Å². The van der Waals surface area contributed by atoms with Crippen molar-refractivity contribution in [3.63, 3.8) is 0 Å². The summed E-state index contributed by atoms with van der Waals surface area (Å²) >= 11 is 6.23. The SMILES string of the molecule is CC1CCN(C(=O)[C@@H](C2CCCC2)N2CCN(C(=O)c3ccccc3Cl)CC2)CC1. The van der Waals surface area contributed by atoms with E-state index in [1.165, 1.54) is 12.8 Å². The molecular formula is C24H34ClN3O2. The fourth-order valence-electron chi connectivity index (χ4n) is 5.35. The molecule has 1 aromatic carbocycles. The van der Waals surface area contributed by atoms with Gasteiger partial charge in [-0.3, -0.25) is 14.5 Å². The first-order valence-corrected chi connectivity index (χ1v) is 12.0. The molecule has 5 nitrogen and oxygen atoms in total. The highest BCUT2D eigenvalue weighted by Gasteiger charge is 2.40. The van der Waals surface area contributed by atoms with E-state index < -0.39 is 0 Å². The zero-order chi connectivity index (χ0) is 21.1. The summed E-state index contributed by atoms with van der Waals surface area (Å²) in [7, 11) is 0. The number of rotatable bonds is 4. The van der Waals surface area contributed by atoms with Crippen LogP contribution in [-0.4, -0.2) is 71.8 Å². The first-order valence-electron chi connectivity index (χ1n) is 11.6. The van der Waals surface area contributed by atoms with Crippen LogP contribution in [0.3, 0.4) is 0 Å². The summed E-state index contributed by atoms with van der Waals surface area (Å²) in [5.41, 5.74) is 0.568. The summed E-state index contributed by atoms with van der Waals surface area (Å²) in [6, 6.07) is 7.23. The lowest BCUT2D eigenvalue weighted by Crippen LogP contribution is -2.59. The average Bonchev–Trinajstić information content (AvgIpc) is 3.29. The summed E-state index contributed by atoms with van der Waals surface area (Å²) in [6.07, 6.45) is 7.00. The smallest absolute Gasteiger partial charge is 0.255 e. The number of hydrogen-bond acceptors (Lipinski definition) is 3. The molecule has 6 heteroatoms. The largest absolute Gasteiger partial charge is 0.341 e. The Morgan fingerprint density at radius 3 is 2.17 bits per heavy atom. The van der Waals surface area contributed by atoms with Crippen molar-refractivity contribution in [1.82, 2.24) is 14.7 Å². The van der Waals surface area contributed by atoms with Crippen molar-refractivity contribution in [2.24, 2.45) is 11.8 Å². The molecule has 4 rings (SSSR count). The van der Waals surface area contributed by atoms with Crippen molar-refractivity contribution in [3.8, 4) is 0 Å². The van der Waals surface area contributed by atoms with E-state index in [-0.39, 0.29) is 11.9 Å². The van der Waals surface area contributed by atoms with Crippen LogP contribution in [0.1, 0.15) is 55.8 Å². The van der Waals surface area contributed by atoms with Gasteiger partial charge in [-0.1, -0.05) is 43.5 Å². The van der Waals surface area contributed by atoms with E-state index >= 15 is 0 Å². The Morgan fingerprint density at radius 1 is 0.900 bits per heavy atom. The number of nitrogens with zero attached hydrogens (tertiary/aromatic N) is 3. The number of piperidine rings is 1. The molecular weight excluding hydrogens is 398 g/mol. The second-order valence-corrected chi connectivity index (χ2v) is 9.71. The van der Waals surface area contributed by atoms with Crippen molar-refractivity contribution in [3.05, 3.63) is 34.9 Å². The lowest BCUT2D eigenvalue weighted by atomic mass is 9.92. The molecule has 2 heterocycles. The third-order valence-electron chi connectivity index (χ3n) is 7.29. The van der Waals surface area contributed by atoms with E-state index in [2.05, 4.69) is 16.7 Å². The summed E-state index contributed by atoms with van der Waals surface area (Å²) in [4.78, 5) is 32.8. The van der Waals surface area contributed by atoms with E-state index in [1.54, 1.807) is 12.1 Å². The van der Waals surface area contributed by atoms with Gasteiger partial charge in [0.2, 0.25) is 5.91 Å². The minimum Gasteiger partial charge on any atom is -0.341 e. The van der Waals surface area contributed by atoms with Gasteiger partial charge in [0.1, 0.15) is 0 Å². The molecule has 1 aliphatic carbocycles. The molecule has 0 aromatic heterocycles. The van der Waals surface area contributed by atoms with Gasteiger partial charge in [-0.25, -0.2) is 0 Å². The number of piperazine rings is 1. The minimum absolute atomic E-state index is 0.00555. The Hall–Kier alpha value is -1.59. The fourth-order valence-corrected chi connectivity index (χ4v) is 5.57. The zero-order valence-electron chi connectivity index (χ0n) is 18.1. The van der Waals surface area contributed by atoms with Gasteiger partial charge in [0.05, 0.1) is 16.6 Å². The minimum atomic E-state index is -0.0153. The number of hydrogen-bond donors (Lipinski definition) is 0. The van der Waals surface area contributed by atoms with Crippen molar-refractivity contribution < 1.29 is 9.59 Å². The maximum Gasteiger partial charge on any atom is 0.255 e. The van der Waals surface area contributed by atoms with Crippen LogP contribution >= 0.6 is 11.6 Å². The highest BCUT2D eigenvalue weighted by atomic mass is 35.5. The number of amides is 2. The van der Waals surface area contributed by atoms with Gasteiger partial charge in [-0.05, 0) is 49.7 Å². The first-order chi connectivity index (χ1) is 14.5. The predicted octanol–water partition coefficient (Wildman–Crippen LogP) is 3.92. The molecule has 164 valence electrons. The molecule has 30 heavy (non-hydrogen) atoms. The van der Waals surface area contributed by atoms with Gasteiger partial charge in [0.25, 0.3) is 5.91 Å². The first kappa shape index (κ1) is 21.6. The third-order valence-corrected chi connectivity index (χ3v) is 7.62. The van der Waals surface area contributed by atoms with Crippen LogP contribution in [0.5, 0.6) is 0 Å². The van der Waals surface area contributed by atoms with Gasteiger partial charge >= 0.3 is 0 Å². The summed E-state index contributed by atoms with van der Waals surface area (Å²) < 4.78 is 0. The van der Waals surface area contributed by atoms with Crippen LogP contribution in [-0.2, 0) is 4.79 Å². The van der Waals surface area contributed by atoms with Crippen LogP contribution in [0, 0.1) is 11.8 Å². The number of carbonyl (C=O) groups is 2. The quantitative estimate of drug-likeness (QED) is 0.725. The molecule has 2 amide bonds. The highest BCUT2D eigenvalue weighted by molar-refractivity contribution is 6.33. The Bertz CT molecular complexity index is 749. The summed E-state index contributed by atoms with van der Waals surface area (Å²) in [5, 5.41) is 0.503. The normalized spacial score (nSPS) is 23.0. The van der Waals surface area contributed by atoms with E-state index in [9.17, 15) is 9.59 Å². The summed E-state index contributed by atoms with van der Waals surface area (Å²) in [5.74, 6) is 1.51. The molecule has 2 aliphatic heterocycles. The van der Waals surface area contributed by atoms with Crippen molar-refractivity contribution >= 4 is 23.4 Å². The molecule has 1 atom stereocenters. The number of likely N-dealkylation sites (tertiary alicyclic amines) is 1. The fraction of sp³-hybridized carbons (Fsp3) is 0.667. The Labute approximate surface area is 185 Å². The maximum absolute atomic E-state index is 13.6. The maximum atomic E-state index is 13.6. The van der Waals surface area contributed by atoms with E-state index in [0.29, 0.717) is 35.5 Å². The average molecular weight is 432 g/mol. The molecule has 3 aliphatic rings. The van der Waals surface area contributed by atoms with Crippen molar-refractivity contribution in [2.75, 3.05) is 39.3 Å². The molecule has 0 N–H and O–H groups in total. The molecule has 1 aromatic rings. The third kappa shape index (κ3) is 4.67. The summed E-state index contributed by atoms with van der Waals surface area (Å²) in [6.45, 7) is 6.89. The van der Waals surface area contributed by atoms with E-state index in [1.807, 2.05) is 17.0 Å². The lowest BCUT2D eigenvalue weighted by Gasteiger charge is -2.43. The Kier molecular flexibility index (Phi) is 6.99. The highest BCUT2D eigenvalue weighted by Crippen LogP contribution is 2.33. The predicted molar refractivity (Wildman–Crippen MR) is 120 cm³/mol. The van der Waals surface area contributed by atoms with Gasteiger partial charge < -0.3 is 9.80 Å². The number of halogens is 1. The standard InChI is InChI=1S/C24H34ClN3O2/c1-18-10-12-27(13-11-18)24(30)22(19-6-2-3-7-19)26-14-16-28(17-15-26)23(29)20-8-4-5-9-21(20)25/h4-5,8-9,18-19,22H,2-3,6-7,10-17H2,1H3/t22-/m1/s1. The van der Waals surface area contributed by atoms with Crippen LogP contribution in [0.15, 0.2) is 24.3 Å². The van der Waals surface area contributed by atoms with Crippen LogP contribution in [0.4, 0.5) is 0 Å². The second kappa shape index (κ2) is 9.69. The van der Waals surface area contributed by atoms with Gasteiger partial charge in [0, 0.05) is 39.3 Å². The van der Waals surface area contributed by atoms with Crippen LogP contribution in [0.2, 0.25) is 5.02 Å². The Morgan fingerprint density at radius 2 is 1.53 bits per heavy atom. The number of carbonyl (C=O) groups excluding carboxylic acids is 2. The van der Waals surface area contributed by atoms with Crippen molar-refractivity contribution in [1.29, 1.82) is 0 Å². The molecule has 3 fully saturated rings. The zero-order valence-corrected chi connectivity index (χ0v) is 18.8. The van der Waals surface area contributed by atoms with Gasteiger partial charge in [-0.15, -0.1) is 0 Å². The van der Waals surface area contributed by atoms with Gasteiger partial charge in [-0.2, -0.15) is 0 Å². The molecule has 0 bridgehead atoms. The lowest BCUT2D eigenvalue weighted by molar-refractivity contribution is -0.141. The van der Waals surface area contributed by atoms with E-state index in [0.717, 1.165) is 57.8 Å². The number of benzene rings is 1. The molecule has 1 saturated carbocycles. The van der Waals surface area contributed by atoms with Crippen LogP contribution < -0.4 is 0 Å². The Balaban J connectivity index is 1.42. The molecule has 0 radical (unpaired) electrons. The monoisotopic (exact) mass is 431 g/mol. The molecule has 0 unspecified atom stereocenters. The van der Waals surface area contributed by atoms with Crippen LogP contribution in [0.25, 0.3) is 0 Å².